The highest BCUT2D eigenvalue weighted by molar-refractivity contribution is 6.36. The fourth-order valence-electron chi connectivity index (χ4n) is 2.78. The van der Waals surface area contributed by atoms with E-state index in [1.165, 1.54) is 9.47 Å². The molecule has 1 aromatic carbocycles. The van der Waals surface area contributed by atoms with Crippen LogP contribution in [-0.2, 0) is 17.8 Å². The zero-order chi connectivity index (χ0) is 20.1. The van der Waals surface area contributed by atoms with E-state index in [4.69, 9.17) is 28.9 Å². The van der Waals surface area contributed by atoms with Crippen molar-refractivity contribution in [3.8, 4) is 0 Å². The van der Waals surface area contributed by atoms with Crippen molar-refractivity contribution >= 4 is 40.6 Å². The molecule has 9 heteroatoms. The molecule has 2 rings (SSSR count). The maximum absolute atomic E-state index is 12.9. The number of carbonyl (C=O) groups is 1. The number of nitrogens with zero attached hydrogens (tertiary/aromatic N) is 2. The minimum atomic E-state index is -0.703. The topological polar surface area (TPSA) is 101 Å². The van der Waals surface area contributed by atoms with E-state index in [0.717, 1.165) is 6.42 Å². The fourth-order valence-corrected chi connectivity index (χ4v) is 3.31. The summed E-state index contributed by atoms with van der Waals surface area (Å²) in [6.07, 6.45) is 1.46. The molecule has 0 aliphatic rings. The second kappa shape index (κ2) is 9.10. The molecule has 1 aromatic heterocycles. The van der Waals surface area contributed by atoms with Gasteiger partial charge in [-0.05, 0) is 31.0 Å². The maximum Gasteiger partial charge on any atom is 0.330 e. The quantitative estimate of drug-likeness (QED) is 0.729. The van der Waals surface area contributed by atoms with Gasteiger partial charge in [-0.2, -0.15) is 0 Å². The minimum Gasteiger partial charge on any atom is -0.383 e. The molecule has 0 spiro atoms. The van der Waals surface area contributed by atoms with E-state index >= 15 is 0 Å². The number of amides is 1. The van der Waals surface area contributed by atoms with E-state index in [-0.39, 0.29) is 24.5 Å². The highest BCUT2D eigenvalue weighted by Crippen LogP contribution is 2.26. The number of carbonyl (C=O) groups excluding carboxylic acids is 1. The first-order valence-electron chi connectivity index (χ1n) is 8.67. The fraction of sp³-hybridized carbons (Fsp3) is 0.389. The van der Waals surface area contributed by atoms with Crippen LogP contribution in [0.3, 0.4) is 0 Å². The van der Waals surface area contributed by atoms with Crippen LogP contribution in [0.4, 0.5) is 11.5 Å². The van der Waals surface area contributed by atoms with Crippen LogP contribution in [0.2, 0.25) is 10.0 Å². The van der Waals surface area contributed by atoms with Crippen molar-refractivity contribution in [1.29, 1.82) is 0 Å². The Morgan fingerprint density at radius 2 is 1.85 bits per heavy atom. The van der Waals surface area contributed by atoms with Crippen molar-refractivity contribution in [2.45, 2.75) is 39.7 Å². The third kappa shape index (κ3) is 4.54. The maximum atomic E-state index is 12.9. The lowest BCUT2D eigenvalue weighted by Crippen LogP contribution is -2.41. The number of anilines is 2. The number of nitrogens with two attached hydrogens (primary N) is 1. The van der Waals surface area contributed by atoms with Crippen LogP contribution in [0, 0.1) is 0 Å². The number of aromatic nitrogens is 2. The van der Waals surface area contributed by atoms with Gasteiger partial charge >= 0.3 is 5.69 Å². The van der Waals surface area contributed by atoms with E-state index in [1.807, 2.05) is 6.92 Å². The number of nitrogens with one attached hydrogen (secondary N) is 1. The van der Waals surface area contributed by atoms with Gasteiger partial charge in [0, 0.05) is 23.1 Å². The summed E-state index contributed by atoms with van der Waals surface area (Å²) in [5, 5.41) is 0.725. The lowest BCUT2D eigenvalue weighted by molar-refractivity contribution is -0.117. The predicted octanol–water partition coefficient (Wildman–Crippen LogP) is 2.82. The van der Waals surface area contributed by atoms with Gasteiger partial charge in [0.15, 0.2) is 5.69 Å². The summed E-state index contributed by atoms with van der Waals surface area (Å²) in [4.78, 5) is 40.8. The van der Waals surface area contributed by atoms with E-state index < -0.39 is 17.2 Å². The van der Waals surface area contributed by atoms with Crippen LogP contribution in [0.5, 0.6) is 0 Å². The van der Waals surface area contributed by atoms with Gasteiger partial charge in [-0.25, -0.2) is 4.79 Å². The number of benzene rings is 1. The van der Waals surface area contributed by atoms with E-state index in [2.05, 4.69) is 4.98 Å². The second-order valence-corrected chi connectivity index (χ2v) is 6.83. The number of rotatable bonds is 7. The van der Waals surface area contributed by atoms with Crippen molar-refractivity contribution in [2.75, 3.05) is 17.2 Å². The first-order chi connectivity index (χ1) is 12.8. The molecule has 0 radical (unpaired) electrons. The lowest BCUT2D eigenvalue weighted by atomic mass is 10.1. The SMILES string of the molecule is CCCCn1c(N)c(N(CC)C(=O)Cc2c(Cl)cccc2Cl)c(=O)[nH]c1=O. The molecule has 0 aliphatic heterocycles. The Labute approximate surface area is 166 Å². The van der Waals surface area contributed by atoms with Gasteiger partial charge in [0.2, 0.25) is 5.91 Å². The van der Waals surface area contributed by atoms with E-state index in [0.29, 0.717) is 28.6 Å². The molecule has 2 aromatic rings. The normalized spacial score (nSPS) is 10.8. The zero-order valence-electron chi connectivity index (χ0n) is 15.2. The molecule has 146 valence electrons. The first-order valence-corrected chi connectivity index (χ1v) is 9.43. The minimum absolute atomic E-state index is 0.0299. The summed E-state index contributed by atoms with van der Waals surface area (Å²) < 4.78 is 1.28. The first kappa shape index (κ1) is 21.1. The highest BCUT2D eigenvalue weighted by Gasteiger charge is 2.24. The number of halogens is 2. The number of unbranched alkanes of at least 4 members (excludes halogenated alkanes) is 1. The summed E-state index contributed by atoms with van der Waals surface area (Å²) in [6, 6.07) is 4.96. The Balaban J connectivity index is 2.46. The van der Waals surface area contributed by atoms with Gasteiger partial charge in [0.25, 0.3) is 5.56 Å². The summed E-state index contributed by atoms with van der Waals surface area (Å²) in [5.74, 6) is -0.428. The van der Waals surface area contributed by atoms with Crippen molar-refractivity contribution < 1.29 is 4.79 Å². The highest BCUT2D eigenvalue weighted by atomic mass is 35.5. The van der Waals surface area contributed by atoms with Crippen molar-refractivity contribution in [3.05, 3.63) is 54.6 Å². The molecule has 0 aliphatic carbocycles. The number of hydrogen-bond donors (Lipinski definition) is 2. The Hall–Kier alpha value is -2.25. The molecular weight excluding hydrogens is 391 g/mol. The number of hydrogen-bond acceptors (Lipinski definition) is 4. The third-order valence-corrected chi connectivity index (χ3v) is 4.93. The Bertz CT molecular complexity index is 932. The Morgan fingerprint density at radius 1 is 1.22 bits per heavy atom. The molecule has 7 nitrogen and oxygen atoms in total. The van der Waals surface area contributed by atoms with Gasteiger partial charge in [-0.1, -0.05) is 42.6 Å². The lowest BCUT2D eigenvalue weighted by Gasteiger charge is -2.23. The standard InChI is InChI=1S/C18H22Cl2N4O3/c1-3-5-9-24-16(21)15(17(26)22-18(24)27)23(4-2)14(25)10-11-12(19)7-6-8-13(11)20/h6-8H,3-5,9-10,21H2,1-2H3,(H,22,26,27). The molecular formula is C18H22Cl2N4O3. The molecule has 0 saturated heterocycles. The van der Waals surface area contributed by atoms with Crippen molar-refractivity contribution in [3.63, 3.8) is 0 Å². The number of likely N-dealkylation sites (N-methyl/N-ethyl adjacent to an activating group) is 1. The van der Waals surface area contributed by atoms with Crippen molar-refractivity contribution in [2.24, 2.45) is 0 Å². The number of H-pyrrole nitrogens is 1. The largest absolute Gasteiger partial charge is 0.383 e. The number of aromatic amines is 1. The van der Waals surface area contributed by atoms with Gasteiger partial charge in [-0.15, -0.1) is 0 Å². The summed E-state index contributed by atoms with van der Waals surface area (Å²) in [6.45, 7) is 4.24. The Kier molecular flexibility index (Phi) is 7.10. The average Bonchev–Trinajstić information content (AvgIpc) is 2.61. The van der Waals surface area contributed by atoms with Gasteiger partial charge in [0.1, 0.15) is 5.82 Å². The zero-order valence-corrected chi connectivity index (χ0v) is 16.7. The summed E-state index contributed by atoms with van der Waals surface area (Å²) in [5.41, 5.74) is 5.23. The van der Waals surface area contributed by atoms with Gasteiger partial charge in [0.05, 0.1) is 6.42 Å². The molecule has 0 saturated carbocycles. The van der Waals surface area contributed by atoms with Crippen LogP contribution in [-0.4, -0.2) is 22.0 Å². The predicted molar refractivity (Wildman–Crippen MR) is 109 cm³/mol. The third-order valence-electron chi connectivity index (χ3n) is 4.23. The molecule has 27 heavy (non-hydrogen) atoms. The van der Waals surface area contributed by atoms with Crippen LogP contribution < -0.4 is 21.9 Å². The average molecular weight is 413 g/mol. The molecule has 1 amide bonds. The van der Waals surface area contributed by atoms with Crippen LogP contribution in [0.25, 0.3) is 0 Å². The van der Waals surface area contributed by atoms with Gasteiger partial charge < -0.3 is 10.6 Å². The van der Waals surface area contributed by atoms with E-state index in [9.17, 15) is 14.4 Å². The molecule has 0 unspecified atom stereocenters. The van der Waals surface area contributed by atoms with Crippen LogP contribution in [0.1, 0.15) is 32.3 Å². The molecule has 1 heterocycles. The summed E-state index contributed by atoms with van der Waals surface area (Å²) >= 11 is 12.3. The molecule has 0 atom stereocenters. The van der Waals surface area contributed by atoms with Crippen LogP contribution >= 0.6 is 23.2 Å². The van der Waals surface area contributed by atoms with Crippen molar-refractivity contribution in [1.82, 2.24) is 9.55 Å². The number of nitrogen functional groups attached to an aromatic ring is 1. The molecule has 0 fully saturated rings. The Morgan fingerprint density at radius 3 is 2.41 bits per heavy atom. The monoisotopic (exact) mass is 412 g/mol. The molecule has 0 bridgehead atoms. The smallest absolute Gasteiger partial charge is 0.330 e. The van der Waals surface area contributed by atoms with Crippen LogP contribution in [0.15, 0.2) is 27.8 Å². The molecule has 3 N–H and O–H groups in total. The summed E-state index contributed by atoms with van der Waals surface area (Å²) in [7, 11) is 0. The van der Waals surface area contributed by atoms with Gasteiger partial charge in [-0.3, -0.25) is 19.1 Å². The second-order valence-electron chi connectivity index (χ2n) is 6.01. The van der Waals surface area contributed by atoms with E-state index in [1.54, 1.807) is 25.1 Å².